The number of hydrogen-bond acceptors (Lipinski definition) is 4. The second-order valence-corrected chi connectivity index (χ2v) is 3.99. The molecule has 0 amide bonds. The highest BCUT2D eigenvalue weighted by molar-refractivity contribution is 5.37. The van der Waals surface area contributed by atoms with E-state index in [0.29, 0.717) is 30.5 Å². The standard InChI is InChI=1S/C11H17FN4/c1-2-9-10(12)11(16-7-15-9)14-6-5-13-8-3-4-8/h7-8,13H,2-6H2,1H3,(H,14,15,16). The van der Waals surface area contributed by atoms with Gasteiger partial charge in [0, 0.05) is 19.1 Å². The summed E-state index contributed by atoms with van der Waals surface area (Å²) in [6.07, 6.45) is 4.52. The Bertz CT molecular complexity index is 352. The van der Waals surface area contributed by atoms with Crippen molar-refractivity contribution in [1.82, 2.24) is 15.3 Å². The zero-order chi connectivity index (χ0) is 11.4. The lowest BCUT2D eigenvalue weighted by molar-refractivity contribution is 0.595. The van der Waals surface area contributed by atoms with Crippen molar-refractivity contribution >= 4 is 5.82 Å². The van der Waals surface area contributed by atoms with E-state index in [2.05, 4.69) is 20.6 Å². The lowest BCUT2D eigenvalue weighted by atomic mass is 10.3. The smallest absolute Gasteiger partial charge is 0.186 e. The summed E-state index contributed by atoms with van der Waals surface area (Å²) in [4.78, 5) is 7.78. The van der Waals surface area contributed by atoms with Crippen molar-refractivity contribution in [2.24, 2.45) is 0 Å². The van der Waals surface area contributed by atoms with Gasteiger partial charge >= 0.3 is 0 Å². The molecule has 88 valence electrons. The number of hydrogen-bond donors (Lipinski definition) is 2. The number of rotatable bonds is 6. The third-order valence-electron chi connectivity index (χ3n) is 2.62. The van der Waals surface area contributed by atoms with Crippen LogP contribution in [0.3, 0.4) is 0 Å². The van der Waals surface area contributed by atoms with Gasteiger partial charge in [-0.15, -0.1) is 0 Å². The van der Waals surface area contributed by atoms with E-state index in [0.717, 1.165) is 6.54 Å². The third kappa shape index (κ3) is 2.88. The summed E-state index contributed by atoms with van der Waals surface area (Å²) in [6.45, 7) is 3.41. The first-order valence-electron chi connectivity index (χ1n) is 5.78. The molecule has 0 aromatic carbocycles. The average molecular weight is 224 g/mol. The third-order valence-corrected chi connectivity index (χ3v) is 2.62. The minimum Gasteiger partial charge on any atom is -0.366 e. The fourth-order valence-electron chi connectivity index (χ4n) is 1.52. The van der Waals surface area contributed by atoms with Crippen molar-refractivity contribution < 1.29 is 4.39 Å². The predicted octanol–water partition coefficient (Wildman–Crippen LogP) is 1.34. The Balaban J connectivity index is 1.82. The van der Waals surface area contributed by atoms with Crippen LogP contribution in [-0.2, 0) is 6.42 Å². The average Bonchev–Trinajstić information content (AvgIpc) is 3.10. The molecule has 2 rings (SSSR count). The molecule has 0 unspecified atom stereocenters. The van der Waals surface area contributed by atoms with Gasteiger partial charge in [0.15, 0.2) is 11.6 Å². The van der Waals surface area contributed by atoms with Crippen LogP contribution < -0.4 is 10.6 Å². The molecule has 0 radical (unpaired) electrons. The van der Waals surface area contributed by atoms with Gasteiger partial charge in [0.2, 0.25) is 0 Å². The maximum absolute atomic E-state index is 13.7. The molecule has 1 aliphatic rings. The molecule has 2 N–H and O–H groups in total. The van der Waals surface area contributed by atoms with E-state index in [4.69, 9.17) is 0 Å². The summed E-state index contributed by atoms with van der Waals surface area (Å²) in [7, 11) is 0. The van der Waals surface area contributed by atoms with Gasteiger partial charge in [0.05, 0.1) is 5.69 Å². The molecular weight excluding hydrogens is 207 g/mol. The first kappa shape index (κ1) is 11.3. The maximum atomic E-state index is 13.7. The summed E-state index contributed by atoms with van der Waals surface area (Å²) < 4.78 is 13.7. The molecule has 0 spiro atoms. The van der Waals surface area contributed by atoms with Crippen molar-refractivity contribution in [1.29, 1.82) is 0 Å². The highest BCUT2D eigenvalue weighted by atomic mass is 19.1. The molecule has 0 atom stereocenters. The molecule has 1 heterocycles. The zero-order valence-corrected chi connectivity index (χ0v) is 9.46. The SMILES string of the molecule is CCc1ncnc(NCCNC2CC2)c1F. The second-order valence-electron chi connectivity index (χ2n) is 3.99. The largest absolute Gasteiger partial charge is 0.366 e. The molecule has 0 saturated heterocycles. The van der Waals surface area contributed by atoms with Crippen LogP contribution in [0.5, 0.6) is 0 Å². The van der Waals surface area contributed by atoms with Gasteiger partial charge < -0.3 is 10.6 Å². The van der Waals surface area contributed by atoms with Crippen LogP contribution in [0.25, 0.3) is 0 Å². The van der Waals surface area contributed by atoms with Crippen molar-refractivity contribution in [2.45, 2.75) is 32.2 Å². The Hall–Kier alpha value is -1.23. The van der Waals surface area contributed by atoms with E-state index >= 15 is 0 Å². The summed E-state index contributed by atoms with van der Waals surface area (Å²) in [5.74, 6) is -0.0131. The van der Waals surface area contributed by atoms with Gasteiger partial charge in [-0.1, -0.05) is 6.92 Å². The van der Waals surface area contributed by atoms with Crippen LogP contribution in [0.1, 0.15) is 25.5 Å². The van der Waals surface area contributed by atoms with E-state index in [1.54, 1.807) is 0 Å². The van der Waals surface area contributed by atoms with Crippen molar-refractivity contribution in [3.63, 3.8) is 0 Å². The van der Waals surface area contributed by atoms with Crippen LogP contribution in [0.15, 0.2) is 6.33 Å². The highest BCUT2D eigenvalue weighted by Gasteiger charge is 2.19. The van der Waals surface area contributed by atoms with Crippen molar-refractivity contribution in [2.75, 3.05) is 18.4 Å². The fraction of sp³-hybridized carbons (Fsp3) is 0.636. The molecular formula is C11H17FN4. The number of anilines is 1. The topological polar surface area (TPSA) is 49.8 Å². The predicted molar refractivity (Wildman–Crippen MR) is 60.9 cm³/mol. The Morgan fingerprint density at radius 2 is 2.19 bits per heavy atom. The first-order chi connectivity index (χ1) is 7.81. The van der Waals surface area contributed by atoms with Crippen molar-refractivity contribution in [3.05, 3.63) is 17.8 Å². The Kier molecular flexibility index (Phi) is 3.66. The van der Waals surface area contributed by atoms with Gasteiger partial charge in [-0.25, -0.2) is 14.4 Å². The molecule has 1 fully saturated rings. The molecule has 1 aromatic rings. The van der Waals surface area contributed by atoms with Gasteiger partial charge in [0.25, 0.3) is 0 Å². The number of nitrogens with one attached hydrogen (secondary N) is 2. The molecule has 1 aromatic heterocycles. The highest BCUT2D eigenvalue weighted by Crippen LogP contribution is 2.18. The summed E-state index contributed by atoms with van der Waals surface area (Å²) in [5, 5.41) is 6.33. The van der Waals surface area contributed by atoms with Gasteiger partial charge in [-0.3, -0.25) is 0 Å². The quantitative estimate of drug-likeness (QED) is 0.716. The van der Waals surface area contributed by atoms with Crippen LogP contribution in [0, 0.1) is 5.82 Å². The molecule has 16 heavy (non-hydrogen) atoms. The van der Waals surface area contributed by atoms with Crippen molar-refractivity contribution in [3.8, 4) is 0 Å². The zero-order valence-electron chi connectivity index (χ0n) is 9.46. The van der Waals surface area contributed by atoms with E-state index < -0.39 is 0 Å². The number of aryl methyl sites for hydroxylation is 1. The van der Waals surface area contributed by atoms with Crippen LogP contribution in [-0.4, -0.2) is 29.1 Å². The Labute approximate surface area is 94.7 Å². The molecule has 1 aliphatic carbocycles. The van der Waals surface area contributed by atoms with Crippen LogP contribution >= 0.6 is 0 Å². The number of aromatic nitrogens is 2. The molecule has 0 aliphatic heterocycles. The Morgan fingerprint density at radius 3 is 2.88 bits per heavy atom. The van der Waals surface area contributed by atoms with Gasteiger partial charge in [0.1, 0.15) is 6.33 Å². The first-order valence-corrected chi connectivity index (χ1v) is 5.78. The lowest BCUT2D eigenvalue weighted by Crippen LogP contribution is -2.24. The summed E-state index contributed by atoms with van der Waals surface area (Å²) in [5.41, 5.74) is 0.465. The lowest BCUT2D eigenvalue weighted by Gasteiger charge is -2.08. The molecule has 4 nitrogen and oxygen atoms in total. The molecule has 0 bridgehead atoms. The van der Waals surface area contributed by atoms with E-state index in [1.807, 2.05) is 6.92 Å². The number of nitrogens with zero attached hydrogens (tertiary/aromatic N) is 2. The Morgan fingerprint density at radius 1 is 1.38 bits per heavy atom. The molecule has 1 saturated carbocycles. The minimum absolute atomic E-state index is 0.310. The van der Waals surface area contributed by atoms with Crippen LogP contribution in [0.4, 0.5) is 10.2 Å². The van der Waals surface area contributed by atoms with E-state index in [-0.39, 0.29) is 5.82 Å². The second kappa shape index (κ2) is 5.21. The maximum Gasteiger partial charge on any atom is 0.186 e. The summed E-state index contributed by atoms with van der Waals surface area (Å²) in [6, 6.07) is 0.684. The van der Waals surface area contributed by atoms with E-state index in [1.165, 1.54) is 19.2 Å². The van der Waals surface area contributed by atoms with Gasteiger partial charge in [-0.2, -0.15) is 0 Å². The monoisotopic (exact) mass is 224 g/mol. The minimum atomic E-state index is -0.323. The molecule has 5 heteroatoms. The summed E-state index contributed by atoms with van der Waals surface area (Å²) >= 11 is 0. The normalized spacial score (nSPS) is 15.1. The van der Waals surface area contributed by atoms with Gasteiger partial charge in [-0.05, 0) is 19.3 Å². The fourth-order valence-corrected chi connectivity index (χ4v) is 1.52. The number of halogens is 1. The van der Waals surface area contributed by atoms with E-state index in [9.17, 15) is 4.39 Å². The van der Waals surface area contributed by atoms with Crippen LogP contribution in [0.2, 0.25) is 0 Å².